The topological polar surface area (TPSA) is 64.4 Å². The van der Waals surface area contributed by atoms with Gasteiger partial charge in [-0.05, 0) is 19.3 Å². The number of morpholine rings is 1. The van der Waals surface area contributed by atoms with Gasteiger partial charge in [-0.15, -0.1) is 0 Å². The summed E-state index contributed by atoms with van der Waals surface area (Å²) in [6.45, 7) is 1.69. The van der Waals surface area contributed by atoms with Gasteiger partial charge < -0.3 is 15.8 Å². The molecule has 2 aliphatic rings. The maximum absolute atomic E-state index is 11.0. The number of ether oxygens (including phenoxy) is 1. The van der Waals surface area contributed by atoms with E-state index in [1.165, 1.54) is 0 Å². The van der Waals surface area contributed by atoms with Crippen LogP contribution >= 0.6 is 0 Å². The fraction of sp³-hybridized carbons (Fsp3) is 0.889. The van der Waals surface area contributed by atoms with E-state index in [4.69, 9.17) is 10.5 Å². The SMILES string of the molecule is NC(=O)[C@H]1CC[C@H]2OCCN[C@@H]2C1. The Morgan fingerprint density at radius 2 is 2.31 bits per heavy atom. The van der Waals surface area contributed by atoms with Crippen molar-refractivity contribution < 1.29 is 9.53 Å². The van der Waals surface area contributed by atoms with Crippen LogP contribution < -0.4 is 11.1 Å². The van der Waals surface area contributed by atoms with Crippen LogP contribution in [0.25, 0.3) is 0 Å². The summed E-state index contributed by atoms with van der Waals surface area (Å²) >= 11 is 0. The first-order valence-corrected chi connectivity index (χ1v) is 4.91. The van der Waals surface area contributed by atoms with E-state index in [-0.39, 0.29) is 11.8 Å². The van der Waals surface area contributed by atoms with Gasteiger partial charge in [0.1, 0.15) is 0 Å². The summed E-state index contributed by atoms with van der Waals surface area (Å²) in [6.07, 6.45) is 3.01. The molecule has 2 fully saturated rings. The summed E-state index contributed by atoms with van der Waals surface area (Å²) in [5.74, 6) is -0.110. The summed E-state index contributed by atoms with van der Waals surface area (Å²) in [4.78, 5) is 11.0. The van der Waals surface area contributed by atoms with E-state index >= 15 is 0 Å². The zero-order valence-electron chi connectivity index (χ0n) is 7.66. The number of hydrogen-bond acceptors (Lipinski definition) is 3. The maximum Gasteiger partial charge on any atom is 0.220 e. The second-order valence-electron chi connectivity index (χ2n) is 3.88. The third-order valence-corrected chi connectivity index (χ3v) is 3.03. The van der Waals surface area contributed by atoms with E-state index in [9.17, 15) is 4.79 Å². The largest absolute Gasteiger partial charge is 0.375 e. The third-order valence-electron chi connectivity index (χ3n) is 3.03. The van der Waals surface area contributed by atoms with Crippen LogP contribution in [0.5, 0.6) is 0 Å². The van der Waals surface area contributed by atoms with Crippen molar-refractivity contribution in [1.29, 1.82) is 0 Å². The van der Waals surface area contributed by atoms with Crippen molar-refractivity contribution in [2.45, 2.75) is 31.4 Å². The Labute approximate surface area is 77.8 Å². The van der Waals surface area contributed by atoms with Crippen molar-refractivity contribution in [2.75, 3.05) is 13.2 Å². The van der Waals surface area contributed by atoms with Gasteiger partial charge in [0, 0.05) is 18.5 Å². The van der Waals surface area contributed by atoms with Gasteiger partial charge in [0.15, 0.2) is 0 Å². The van der Waals surface area contributed by atoms with Crippen LogP contribution in [0.15, 0.2) is 0 Å². The van der Waals surface area contributed by atoms with Crippen LogP contribution in [0.4, 0.5) is 0 Å². The molecule has 1 saturated heterocycles. The molecule has 4 heteroatoms. The third kappa shape index (κ3) is 1.84. The van der Waals surface area contributed by atoms with Crippen LogP contribution in [0.1, 0.15) is 19.3 Å². The predicted octanol–water partition coefficient (Wildman–Crippen LogP) is -0.371. The van der Waals surface area contributed by atoms with Crippen LogP contribution in [0, 0.1) is 5.92 Å². The van der Waals surface area contributed by atoms with Crippen molar-refractivity contribution in [2.24, 2.45) is 11.7 Å². The quantitative estimate of drug-likeness (QED) is 0.584. The molecule has 0 unspecified atom stereocenters. The maximum atomic E-state index is 11.0. The van der Waals surface area contributed by atoms with Crippen molar-refractivity contribution in [1.82, 2.24) is 5.32 Å². The Hall–Kier alpha value is -0.610. The Morgan fingerprint density at radius 1 is 1.46 bits per heavy atom. The molecule has 0 aromatic carbocycles. The summed E-state index contributed by atoms with van der Waals surface area (Å²) in [5, 5.41) is 3.37. The molecule has 3 N–H and O–H groups in total. The first kappa shape index (κ1) is 8.97. The standard InChI is InChI=1S/C9H16N2O2/c10-9(12)6-1-2-8-7(5-6)11-3-4-13-8/h6-8,11H,1-5H2,(H2,10,12)/t6-,7+,8+/m0/s1. The van der Waals surface area contributed by atoms with Crippen molar-refractivity contribution >= 4 is 5.91 Å². The summed E-state index contributed by atoms with van der Waals surface area (Å²) in [5.41, 5.74) is 5.28. The van der Waals surface area contributed by atoms with Gasteiger partial charge in [-0.1, -0.05) is 0 Å². The van der Waals surface area contributed by atoms with E-state index in [0.29, 0.717) is 12.1 Å². The second-order valence-corrected chi connectivity index (χ2v) is 3.88. The fourth-order valence-corrected chi connectivity index (χ4v) is 2.27. The minimum Gasteiger partial charge on any atom is -0.375 e. The highest BCUT2D eigenvalue weighted by Gasteiger charge is 2.34. The first-order chi connectivity index (χ1) is 6.27. The molecule has 1 saturated carbocycles. The zero-order chi connectivity index (χ0) is 9.26. The molecule has 0 aromatic rings. The number of amides is 1. The zero-order valence-corrected chi connectivity index (χ0v) is 7.66. The van der Waals surface area contributed by atoms with Crippen molar-refractivity contribution in [3.8, 4) is 0 Å². The predicted molar refractivity (Wildman–Crippen MR) is 48.1 cm³/mol. The van der Waals surface area contributed by atoms with Gasteiger partial charge in [0.05, 0.1) is 12.7 Å². The number of nitrogens with one attached hydrogen (secondary N) is 1. The van der Waals surface area contributed by atoms with Gasteiger partial charge in [0.2, 0.25) is 5.91 Å². The molecule has 0 radical (unpaired) electrons. The lowest BCUT2D eigenvalue weighted by atomic mass is 9.83. The number of fused-ring (bicyclic) bond motifs is 1. The van der Waals surface area contributed by atoms with E-state index in [1.54, 1.807) is 0 Å². The first-order valence-electron chi connectivity index (χ1n) is 4.91. The van der Waals surface area contributed by atoms with Gasteiger partial charge in [-0.2, -0.15) is 0 Å². The molecule has 4 nitrogen and oxygen atoms in total. The smallest absolute Gasteiger partial charge is 0.220 e. The monoisotopic (exact) mass is 184 g/mol. The highest BCUT2D eigenvalue weighted by molar-refractivity contribution is 5.76. The molecule has 74 valence electrons. The van der Waals surface area contributed by atoms with Gasteiger partial charge >= 0.3 is 0 Å². The molecule has 13 heavy (non-hydrogen) atoms. The lowest BCUT2D eigenvalue weighted by Crippen LogP contribution is -2.52. The molecular weight excluding hydrogens is 168 g/mol. The van der Waals surface area contributed by atoms with E-state index < -0.39 is 0 Å². The van der Waals surface area contributed by atoms with Crippen LogP contribution in [0.3, 0.4) is 0 Å². The molecule has 1 aliphatic carbocycles. The lowest BCUT2D eigenvalue weighted by molar-refractivity contribution is -0.125. The summed E-state index contributed by atoms with van der Waals surface area (Å²) < 4.78 is 5.60. The summed E-state index contributed by atoms with van der Waals surface area (Å²) in [7, 11) is 0. The Morgan fingerprint density at radius 3 is 3.08 bits per heavy atom. The average Bonchev–Trinajstić information content (AvgIpc) is 2.17. The molecule has 1 heterocycles. The second kappa shape index (κ2) is 3.64. The Balaban J connectivity index is 1.95. The number of carbonyl (C=O) groups is 1. The Kier molecular flexibility index (Phi) is 2.51. The Bertz CT molecular complexity index is 208. The number of primary amides is 1. The van der Waals surface area contributed by atoms with E-state index in [0.717, 1.165) is 32.4 Å². The van der Waals surface area contributed by atoms with Crippen LogP contribution in [-0.2, 0) is 9.53 Å². The molecular formula is C9H16N2O2. The molecule has 0 spiro atoms. The van der Waals surface area contributed by atoms with Gasteiger partial charge in [0.25, 0.3) is 0 Å². The number of nitrogens with two attached hydrogens (primary N) is 1. The highest BCUT2D eigenvalue weighted by Crippen LogP contribution is 2.27. The molecule has 3 atom stereocenters. The molecule has 0 aromatic heterocycles. The van der Waals surface area contributed by atoms with Gasteiger partial charge in [-0.3, -0.25) is 4.79 Å². The number of carbonyl (C=O) groups excluding carboxylic acids is 1. The summed E-state index contributed by atoms with van der Waals surface area (Å²) in [6, 6.07) is 0.347. The molecule has 2 rings (SSSR count). The van der Waals surface area contributed by atoms with E-state index in [2.05, 4.69) is 5.32 Å². The number of hydrogen-bond donors (Lipinski definition) is 2. The lowest BCUT2D eigenvalue weighted by Gasteiger charge is -2.38. The van der Waals surface area contributed by atoms with Crippen molar-refractivity contribution in [3.05, 3.63) is 0 Å². The van der Waals surface area contributed by atoms with Gasteiger partial charge in [-0.25, -0.2) is 0 Å². The highest BCUT2D eigenvalue weighted by atomic mass is 16.5. The average molecular weight is 184 g/mol. The minimum atomic E-state index is -0.161. The fourth-order valence-electron chi connectivity index (χ4n) is 2.27. The van der Waals surface area contributed by atoms with Crippen molar-refractivity contribution in [3.63, 3.8) is 0 Å². The molecule has 1 amide bonds. The normalized spacial score (nSPS) is 39.5. The van der Waals surface area contributed by atoms with E-state index in [1.807, 2.05) is 0 Å². The van der Waals surface area contributed by atoms with Crippen LogP contribution in [-0.4, -0.2) is 31.2 Å². The van der Waals surface area contributed by atoms with Crippen LogP contribution in [0.2, 0.25) is 0 Å². The molecule has 0 bridgehead atoms. The molecule has 1 aliphatic heterocycles. The minimum absolute atomic E-state index is 0.0513. The number of rotatable bonds is 1.